The van der Waals surface area contributed by atoms with Crippen LogP contribution in [0, 0.1) is 6.92 Å². The summed E-state index contributed by atoms with van der Waals surface area (Å²) in [6, 6.07) is 14.2. The van der Waals surface area contributed by atoms with E-state index in [4.69, 9.17) is 32.9 Å². The monoisotopic (exact) mass is 670 g/mol. The van der Waals surface area contributed by atoms with Crippen LogP contribution in [0.15, 0.2) is 60.8 Å². The Morgan fingerprint density at radius 2 is 1.78 bits per heavy atom. The molecule has 2 heterocycles. The van der Waals surface area contributed by atoms with E-state index in [-0.39, 0.29) is 42.2 Å². The molecule has 2 N–H and O–H groups in total. The highest BCUT2D eigenvalue weighted by Crippen LogP contribution is 2.36. The third-order valence-corrected chi connectivity index (χ3v) is 7.53. The molecule has 0 radical (unpaired) electrons. The van der Waals surface area contributed by atoms with Crippen molar-refractivity contribution >= 4 is 81.7 Å². The average Bonchev–Trinajstić information content (AvgIpc) is 3.01. The van der Waals surface area contributed by atoms with Crippen LogP contribution in [0.4, 0.5) is 11.4 Å². The van der Waals surface area contributed by atoms with Gasteiger partial charge in [0.1, 0.15) is 23.6 Å². The van der Waals surface area contributed by atoms with Crippen molar-refractivity contribution in [2.75, 3.05) is 44.5 Å². The van der Waals surface area contributed by atoms with E-state index in [0.717, 1.165) is 16.8 Å². The quantitative estimate of drug-likeness (QED) is 0.215. The van der Waals surface area contributed by atoms with Crippen molar-refractivity contribution in [1.82, 2.24) is 20.6 Å². The Morgan fingerprint density at radius 3 is 2.44 bits per heavy atom. The number of fused-ring (bicyclic) bond motifs is 1. The molecule has 10 nitrogen and oxygen atoms in total. The number of rotatable bonds is 10. The zero-order valence-corrected chi connectivity index (χ0v) is 27.7. The van der Waals surface area contributed by atoms with Gasteiger partial charge in [-0.25, -0.2) is 4.98 Å². The third-order valence-electron chi connectivity index (χ3n) is 6.75. The van der Waals surface area contributed by atoms with Gasteiger partial charge in [0.15, 0.2) is 0 Å². The molecule has 0 aliphatic rings. The van der Waals surface area contributed by atoms with Crippen LogP contribution in [-0.4, -0.2) is 62.4 Å². The number of halogens is 3. The Morgan fingerprint density at radius 1 is 1.02 bits per heavy atom. The van der Waals surface area contributed by atoms with Crippen LogP contribution in [-0.2, 0) is 16.2 Å². The highest BCUT2D eigenvalue weighted by molar-refractivity contribution is 6.38. The van der Waals surface area contributed by atoms with Crippen molar-refractivity contribution < 1.29 is 19.1 Å². The van der Waals surface area contributed by atoms with Gasteiger partial charge in [-0.15, -0.1) is 12.4 Å². The number of anilines is 2. The number of carbonyl (C=O) groups excluding carboxylic acids is 3. The fourth-order valence-corrected chi connectivity index (χ4v) is 4.96. The van der Waals surface area contributed by atoms with Gasteiger partial charge in [-0.2, -0.15) is 0 Å². The minimum absolute atomic E-state index is 0. The van der Waals surface area contributed by atoms with E-state index in [1.54, 1.807) is 31.3 Å². The van der Waals surface area contributed by atoms with Gasteiger partial charge in [-0.3, -0.25) is 19.4 Å². The van der Waals surface area contributed by atoms with E-state index in [2.05, 4.69) is 15.6 Å². The number of para-hydroxylation sites is 1. The molecule has 0 saturated carbocycles. The zero-order valence-electron chi connectivity index (χ0n) is 25.4. The summed E-state index contributed by atoms with van der Waals surface area (Å²) in [5.41, 5.74) is 4.39. The number of hydrogen-bond acceptors (Lipinski definition) is 7. The number of carbonyl (C=O) groups is 3. The van der Waals surface area contributed by atoms with Gasteiger partial charge < -0.3 is 25.2 Å². The number of benzene rings is 2. The molecule has 0 unspecified atom stereocenters. The molecule has 2 aromatic heterocycles. The summed E-state index contributed by atoms with van der Waals surface area (Å²) in [5.74, 6) is -0.610. The molecule has 0 bridgehead atoms. The van der Waals surface area contributed by atoms with Crippen LogP contribution in [0.2, 0.25) is 10.0 Å². The van der Waals surface area contributed by atoms with Gasteiger partial charge in [0, 0.05) is 67.8 Å². The Kier molecular flexibility index (Phi) is 12.1. The van der Waals surface area contributed by atoms with Crippen molar-refractivity contribution in [3.8, 4) is 5.75 Å². The van der Waals surface area contributed by atoms with E-state index in [0.29, 0.717) is 33.1 Å². The second kappa shape index (κ2) is 15.6. The maximum atomic E-state index is 12.9. The number of ether oxygens (including phenoxy) is 1. The van der Waals surface area contributed by atoms with Crippen molar-refractivity contribution in [3.63, 3.8) is 0 Å². The Balaban J connectivity index is 0.00000552. The smallest absolute Gasteiger partial charge is 0.269 e. The summed E-state index contributed by atoms with van der Waals surface area (Å²) in [7, 11) is 7.02. The number of hydrogen-bond donors (Lipinski definition) is 2. The van der Waals surface area contributed by atoms with Crippen LogP contribution in [0.25, 0.3) is 17.0 Å². The molecular formula is C32H33Cl3N6O4. The third kappa shape index (κ3) is 8.42. The molecule has 0 aliphatic heterocycles. The van der Waals surface area contributed by atoms with Gasteiger partial charge >= 0.3 is 0 Å². The zero-order chi connectivity index (χ0) is 32.0. The first-order valence-corrected chi connectivity index (χ1v) is 14.3. The first-order valence-electron chi connectivity index (χ1n) is 13.6. The van der Waals surface area contributed by atoms with Crippen molar-refractivity contribution in [1.29, 1.82) is 0 Å². The highest BCUT2D eigenvalue weighted by atomic mass is 35.5. The molecule has 2 aromatic carbocycles. The van der Waals surface area contributed by atoms with E-state index in [1.165, 1.54) is 30.3 Å². The number of aryl methyl sites for hydroxylation is 1. The minimum atomic E-state index is -0.477. The predicted octanol–water partition coefficient (Wildman–Crippen LogP) is 5.46. The maximum absolute atomic E-state index is 12.9. The van der Waals surface area contributed by atoms with Crippen LogP contribution < -0.4 is 25.2 Å². The van der Waals surface area contributed by atoms with Gasteiger partial charge in [0.05, 0.1) is 17.3 Å². The fourth-order valence-electron chi connectivity index (χ4n) is 4.35. The van der Waals surface area contributed by atoms with Crippen LogP contribution in [0.5, 0.6) is 5.75 Å². The van der Waals surface area contributed by atoms with Gasteiger partial charge in [-0.05, 0) is 48.9 Å². The average molecular weight is 672 g/mol. The standard InChI is InChI=1S/C32H32Cl2N6O4.ClH/c1-19-15-26(39(3)4)21-7-6-8-27(31(21)38-19)44-18-22-23(33)11-13-25(30(22)34)40(5)29(42)17-37-28(41)14-10-20-9-12-24(36-16-20)32(43)35-2;/h6-16H,17-18H2,1-5H3,(H,35,43)(H,37,41);1H/b14-10+;. The van der Waals surface area contributed by atoms with Crippen molar-refractivity contribution in [3.05, 3.63) is 93.4 Å². The lowest BCUT2D eigenvalue weighted by Crippen LogP contribution is -2.37. The highest BCUT2D eigenvalue weighted by Gasteiger charge is 2.20. The summed E-state index contributed by atoms with van der Waals surface area (Å²) < 4.78 is 6.18. The first kappa shape index (κ1) is 35.1. The molecule has 45 heavy (non-hydrogen) atoms. The minimum Gasteiger partial charge on any atom is -0.487 e. The van der Waals surface area contributed by atoms with E-state index in [9.17, 15) is 14.4 Å². The molecule has 4 rings (SSSR count). The first-order chi connectivity index (χ1) is 21.0. The normalized spacial score (nSPS) is 10.7. The molecule has 0 fully saturated rings. The predicted molar refractivity (Wildman–Crippen MR) is 182 cm³/mol. The van der Waals surface area contributed by atoms with Crippen LogP contribution in [0.3, 0.4) is 0 Å². The van der Waals surface area contributed by atoms with Gasteiger partial charge in [0.2, 0.25) is 11.8 Å². The summed E-state index contributed by atoms with van der Waals surface area (Å²) in [4.78, 5) is 49.0. The number of pyridine rings is 2. The second-order valence-corrected chi connectivity index (χ2v) is 10.8. The molecule has 3 amide bonds. The van der Waals surface area contributed by atoms with Crippen LogP contribution >= 0.6 is 35.6 Å². The van der Waals surface area contributed by atoms with Gasteiger partial charge in [0.25, 0.3) is 5.91 Å². The largest absolute Gasteiger partial charge is 0.487 e. The Bertz CT molecular complexity index is 1750. The van der Waals surface area contributed by atoms with E-state index < -0.39 is 11.8 Å². The summed E-state index contributed by atoms with van der Waals surface area (Å²) in [6.07, 6.45) is 4.27. The molecular weight excluding hydrogens is 639 g/mol. The number of amides is 3. The summed E-state index contributed by atoms with van der Waals surface area (Å²) in [5, 5.41) is 6.64. The second-order valence-electron chi connectivity index (χ2n) is 10.0. The fraction of sp³-hybridized carbons (Fsp3) is 0.219. The van der Waals surface area contributed by atoms with Crippen LogP contribution in [0.1, 0.15) is 27.3 Å². The van der Waals surface area contributed by atoms with E-state index in [1.807, 2.05) is 50.2 Å². The number of likely N-dealkylation sites (N-methyl/N-ethyl adjacent to an activating group) is 1. The maximum Gasteiger partial charge on any atom is 0.269 e. The SMILES string of the molecule is CNC(=O)c1ccc(/C=C/C(=O)NCC(=O)N(C)c2ccc(Cl)c(COc3cccc4c(N(C)C)cc(C)nc34)c2Cl)cn1.Cl. The van der Waals surface area contributed by atoms with Gasteiger partial charge in [-0.1, -0.05) is 41.4 Å². The number of nitrogens with one attached hydrogen (secondary N) is 2. The molecule has 4 aromatic rings. The molecule has 13 heteroatoms. The lowest BCUT2D eigenvalue weighted by molar-refractivity contribution is -0.122. The van der Waals surface area contributed by atoms with Crippen molar-refractivity contribution in [2.24, 2.45) is 0 Å². The molecule has 0 spiro atoms. The van der Waals surface area contributed by atoms with Crippen molar-refractivity contribution in [2.45, 2.75) is 13.5 Å². The number of nitrogens with zero attached hydrogens (tertiary/aromatic N) is 4. The Labute approximate surface area is 277 Å². The topological polar surface area (TPSA) is 117 Å². The lowest BCUT2D eigenvalue weighted by Gasteiger charge is -2.21. The summed E-state index contributed by atoms with van der Waals surface area (Å²) >= 11 is 13.2. The molecule has 0 atom stereocenters. The molecule has 236 valence electrons. The molecule has 0 aliphatic carbocycles. The molecule has 0 saturated heterocycles. The van der Waals surface area contributed by atoms with E-state index >= 15 is 0 Å². The Hall–Kier alpha value is -4.38. The summed E-state index contributed by atoms with van der Waals surface area (Å²) in [6.45, 7) is 1.70. The lowest BCUT2D eigenvalue weighted by atomic mass is 10.1. The number of aromatic nitrogens is 2.